The van der Waals surface area contributed by atoms with Gasteiger partial charge in [0, 0.05) is 0 Å². The molecule has 1 atom stereocenters. The Hall–Kier alpha value is -0.960. The van der Waals surface area contributed by atoms with Crippen molar-refractivity contribution in [2.24, 2.45) is 0 Å². The molecule has 100 valence electrons. The van der Waals surface area contributed by atoms with Crippen molar-refractivity contribution in [1.82, 2.24) is 0 Å². The number of hydrogen-bond acceptors (Lipinski definition) is 1. The lowest BCUT2D eigenvalue weighted by Crippen LogP contribution is -2.08. The molecule has 0 bridgehead atoms. The smallest absolute Gasteiger partial charge is 0.125 e. The zero-order valence-electron chi connectivity index (χ0n) is 10.1. The normalized spacial score (nSPS) is 12.3. The molecule has 1 nitrogen and oxygen atoms in total. The molecule has 0 aliphatic heterocycles. The van der Waals surface area contributed by atoms with Gasteiger partial charge in [-0.05, 0) is 36.8 Å². The minimum atomic E-state index is -0.351. The van der Waals surface area contributed by atoms with Gasteiger partial charge in [-0.15, -0.1) is 0 Å². The molecule has 1 unspecified atom stereocenters. The molecule has 0 radical (unpaired) electrons. The van der Waals surface area contributed by atoms with Gasteiger partial charge in [0.1, 0.15) is 5.82 Å². The van der Waals surface area contributed by atoms with Gasteiger partial charge in [0.2, 0.25) is 0 Å². The van der Waals surface area contributed by atoms with Gasteiger partial charge >= 0.3 is 0 Å². The van der Waals surface area contributed by atoms with Gasteiger partial charge in [-0.3, -0.25) is 0 Å². The standard InChI is InChI=1S/C14H11Cl3FN/c1-8(10-3-2-4-12(16)14(10)17)19-13-7-9(18)5-6-11(13)15/h2-8,19H,1H3. The predicted molar refractivity (Wildman–Crippen MR) is 79.9 cm³/mol. The molecule has 0 spiro atoms. The first kappa shape index (κ1) is 14.4. The summed E-state index contributed by atoms with van der Waals surface area (Å²) in [7, 11) is 0. The van der Waals surface area contributed by atoms with Crippen LogP contribution in [-0.4, -0.2) is 0 Å². The van der Waals surface area contributed by atoms with Gasteiger partial charge in [0.05, 0.1) is 26.8 Å². The van der Waals surface area contributed by atoms with Crippen LogP contribution in [0.1, 0.15) is 18.5 Å². The van der Waals surface area contributed by atoms with E-state index in [1.165, 1.54) is 18.2 Å². The lowest BCUT2D eigenvalue weighted by Gasteiger charge is -2.18. The summed E-state index contributed by atoms with van der Waals surface area (Å²) in [6.45, 7) is 1.90. The molecule has 2 aromatic rings. The summed E-state index contributed by atoms with van der Waals surface area (Å²) in [6, 6.07) is 9.40. The summed E-state index contributed by atoms with van der Waals surface area (Å²) in [5, 5.41) is 4.54. The summed E-state index contributed by atoms with van der Waals surface area (Å²) < 4.78 is 13.2. The zero-order chi connectivity index (χ0) is 14.0. The molecular formula is C14H11Cl3FN. The fourth-order valence-electron chi connectivity index (χ4n) is 1.77. The fraction of sp³-hybridized carbons (Fsp3) is 0.143. The maximum atomic E-state index is 13.2. The largest absolute Gasteiger partial charge is 0.377 e. The van der Waals surface area contributed by atoms with Gasteiger partial charge in [-0.2, -0.15) is 0 Å². The van der Waals surface area contributed by atoms with Crippen LogP contribution in [0.25, 0.3) is 0 Å². The average molecular weight is 319 g/mol. The van der Waals surface area contributed by atoms with Crippen molar-refractivity contribution in [2.45, 2.75) is 13.0 Å². The first-order valence-corrected chi connectivity index (χ1v) is 6.78. The predicted octanol–water partition coefficient (Wildman–Crippen LogP) is 5.96. The Morgan fingerprint density at radius 3 is 2.53 bits per heavy atom. The number of hydrogen-bond donors (Lipinski definition) is 1. The minimum Gasteiger partial charge on any atom is -0.377 e. The van der Waals surface area contributed by atoms with Crippen LogP contribution < -0.4 is 5.32 Å². The maximum Gasteiger partial charge on any atom is 0.125 e. The molecule has 0 aliphatic carbocycles. The first-order valence-electron chi connectivity index (χ1n) is 5.64. The molecule has 2 rings (SSSR count). The van der Waals surface area contributed by atoms with E-state index in [2.05, 4.69) is 5.32 Å². The highest BCUT2D eigenvalue weighted by atomic mass is 35.5. The van der Waals surface area contributed by atoms with Crippen LogP contribution in [0, 0.1) is 5.82 Å². The second kappa shape index (κ2) is 6.00. The Kier molecular flexibility index (Phi) is 4.56. The number of benzene rings is 2. The lowest BCUT2D eigenvalue weighted by molar-refractivity contribution is 0.628. The Balaban J connectivity index is 2.28. The Morgan fingerprint density at radius 2 is 1.79 bits per heavy atom. The van der Waals surface area contributed by atoms with Crippen LogP contribution in [0.5, 0.6) is 0 Å². The van der Waals surface area contributed by atoms with E-state index in [0.29, 0.717) is 20.8 Å². The second-order valence-electron chi connectivity index (χ2n) is 4.13. The van der Waals surface area contributed by atoms with Gasteiger partial charge in [-0.25, -0.2) is 4.39 Å². The van der Waals surface area contributed by atoms with Crippen molar-refractivity contribution in [1.29, 1.82) is 0 Å². The average Bonchev–Trinajstić information content (AvgIpc) is 2.37. The zero-order valence-corrected chi connectivity index (χ0v) is 12.3. The van der Waals surface area contributed by atoms with Crippen molar-refractivity contribution >= 4 is 40.5 Å². The van der Waals surface area contributed by atoms with Crippen LogP contribution in [-0.2, 0) is 0 Å². The summed E-state index contributed by atoms with van der Waals surface area (Å²) in [6.07, 6.45) is 0. The highest BCUT2D eigenvalue weighted by Crippen LogP contribution is 2.33. The third kappa shape index (κ3) is 3.33. The molecule has 1 N–H and O–H groups in total. The summed E-state index contributed by atoms with van der Waals surface area (Å²) in [5.74, 6) is -0.351. The first-order chi connectivity index (χ1) is 8.99. The van der Waals surface area contributed by atoms with E-state index in [4.69, 9.17) is 34.8 Å². The summed E-state index contributed by atoms with van der Waals surface area (Å²) in [4.78, 5) is 0. The molecule has 0 amide bonds. The second-order valence-corrected chi connectivity index (χ2v) is 5.33. The number of halogens is 4. The third-order valence-electron chi connectivity index (χ3n) is 2.75. The van der Waals surface area contributed by atoms with Crippen LogP contribution in [0.2, 0.25) is 15.1 Å². The van der Waals surface area contributed by atoms with Crippen LogP contribution in [0.3, 0.4) is 0 Å². The third-order valence-corrected chi connectivity index (χ3v) is 3.91. The Morgan fingerprint density at radius 1 is 1.05 bits per heavy atom. The van der Waals surface area contributed by atoms with Gasteiger partial charge < -0.3 is 5.32 Å². The molecular weight excluding hydrogens is 308 g/mol. The van der Waals surface area contributed by atoms with E-state index in [-0.39, 0.29) is 11.9 Å². The molecule has 5 heteroatoms. The van der Waals surface area contributed by atoms with Crippen molar-refractivity contribution in [3.8, 4) is 0 Å². The number of rotatable bonds is 3. The van der Waals surface area contributed by atoms with Gasteiger partial charge in [0.15, 0.2) is 0 Å². The van der Waals surface area contributed by atoms with Crippen molar-refractivity contribution in [3.63, 3.8) is 0 Å². The van der Waals surface area contributed by atoms with Crippen LogP contribution in [0.4, 0.5) is 10.1 Å². The molecule has 0 saturated carbocycles. The highest BCUT2D eigenvalue weighted by molar-refractivity contribution is 6.42. The minimum absolute atomic E-state index is 0.148. The quantitative estimate of drug-likeness (QED) is 0.736. The van der Waals surface area contributed by atoms with Crippen LogP contribution >= 0.6 is 34.8 Å². The van der Waals surface area contributed by atoms with E-state index in [9.17, 15) is 4.39 Å². The fourth-order valence-corrected chi connectivity index (χ4v) is 2.42. The molecule has 0 heterocycles. The van der Waals surface area contributed by atoms with Crippen molar-refractivity contribution in [2.75, 3.05) is 5.32 Å². The summed E-state index contributed by atoms with van der Waals surface area (Å²) in [5.41, 5.74) is 1.35. The van der Waals surface area contributed by atoms with E-state index in [1.807, 2.05) is 19.1 Å². The van der Waals surface area contributed by atoms with Gasteiger partial charge in [-0.1, -0.05) is 46.9 Å². The molecule has 19 heavy (non-hydrogen) atoms. The molecule has 0 aliphatic rings. The Labute approximate surface area is 126 Å². The summed E-state index contributed by atoms with van der Waals surface area (Å²) >= 11 is 18.1. The van der Waals surface area contributed by atoms with E-state index < -0.39 is 0 Å². The van der Waals surface area contributed by atoms with E-state index in [0.717, 1.165) is 5.56 Å². The number of anilines is 1. The highest BCUT2D eigenvalue weighted by Gasteiger charge is 2.13. The van der Waals surface area contributed by atoms with Gasteiger partial charge in [0.25, 0.3) is 0 Å². The SMILES string of the molecule is CC(Nc1cc(F)ccc1Cl)c1cccc(Cl)c1Cl. The molecule has 2 aromatic carbocycles. The molecule has 0 fully saturated rings. The monoisotopic (exact) mass is 317 g/mol. The van der Waals surface area contributed by atoms with Crippen molar-refractivity contribution in [3.05, 3.63) is 62.8 Å². The van der Waals surface area contributed by atoms with E-state index >= 15 is 0 Å². The lowest BCUT2D eigenvalue weighted by atomic mass is 10.1. The maximum absolute atomic E-state index is 13.2. The number of nitrogens with one attached hydrogen (secondary N) is 1. The topological polar surface area (TPSA) is 12.0 Å². The van der Waals surface area contributed by atoms with Crippen LogP contribution in [0.15, 0.2) is 36.4 Å². The van der Waals surface area contributed by atoms with Crippen molar-refractivity contribution < 1.29 is 4.39 Å². The molecule has 0 aromatic heterocycles. The van der Waals surface area contributed by atoms with E-state index in [1.54, 1.807) is 6.07 Å². The Bertz CT molecular complexity index is 601. The molecule has 0 saturated heterocycles.